The maximum Gasteiger partial charge on any atom is 0.271 e. The predicted molar refractivity (Wildman–Crippen MR) is 111 cm³/mol. The smallest absolute Gasteiger partial charge is 0.271 e. The largest absolute Gasteiger partial charge is 0.497 e. The van der Waals surface area contributed by atoms with Gasteiger partial charge in [-0.1, -0.05) is 6.07 Å². The molecule has 2 N–H and O–H groups in total. The van der Waals surface area contributed by atoms with Gasteiger partial charge in [0.15, 0.2) is 0 Å². The normalized spacial score (nSPS) is 11.4. The molecule has 0 saturated heterocycles. The molecule has 0 aliphatic carbocycles. The number of ether oxygens (including phenoxy) is 1. The highest BCUT2D eigenvalue weighted by molar-refractivity contribution is 7.92. The summed E-state index contributed by atoms with van der Waals surface area (Å²) in [6.45, 7) is 0. The molecule has 0 spiro atoms. The number of hydrazone groups is 1. The van der Waals surface area contributed by atoms with Gasteiger partial charge >= 0.3 is 0 Å². The predicted octanol–water partition coefficient (Wildman–Crippen LogP) is 2.60. The number of carbonyl (C=O) groups excluding carboxylic acids is 1. The molecule has 1 heterocycles. The van der Waals surface area contributed by atoms with Gasteiger partial charge in [-0.15, -0.1) is 0 Å². The van der Waals surface area contributed by atoms with Crippen molar-refractivity contribution in [3.8, 4) is 5.75 Å². The van der Waals surface area contributed by atoms with E-state index in [1.165, 1.54) is 37.6 Å². The number of rotatable bonds is 7. The molecule has 2 aromatic carbocycles. The minimum absolute atomic E-state index is 0.0348. The van der Waals surface area contributed by atoms with Crippen molar-refractivity contribution in [1.29, 1.82) is 0 Å². The molecule has 1 aromatic heterocycles. The first-order chi connectivity index (χ1) is 13.9. The monoisotopic (exact) mass is 412 g/mol. The minimum atomic E-state index is -3.86. The Balaban J connectivity index is 1.72. The average molecular weight is 412 g/mol. The number of anilines is 1. The van der Waals surface area contributed by atoms with Crippen molar-refractivity contribution in [1.82, 2.24) is 9.99 Å². The van der Waals surface area contributed by atoms with Crippen LogP contribution in [0.5, 0.6) is 5.75 Å². The highest BCUT2D eigenvalue weighted by Crippen LogP contribution is 2.20. The molecule has 150 valence electrons. The van der Waals surface area contributed by atoms with Crippen molar-refractivity contribution < 1.29 is 17.9 Å². The van der Waals surface area contributed by atoms with E-state index >= 15 is 0 Å². The van der Waals surface area contributed by atoms with Gasteiger partial charge in [0.2, 0.25) is 0 Å². The molecule has 3 rings (SSSR count). The van der Waals surface area contributed by atoms with Crippen LogP contribution in [0.3, 0.4) is 0 Å². The van der Waals surface area contributed by atoms with Gasteiger partial charge in [-0.25, -0.2) is 13.8 Å². The van der Waals surface area contributed by atoms with Crippen molar-refractivity contribution in [3.63, 3.8) is 0 Å². The molecule has 0 radical (unpaired) electrons. The molecule has 3 aromatic rings. The van der Waals surface area contributed by atoms with Gasteiger partial charge in [-0.05, 0) is 54.6 Å². The summed E-state index contributed by atoms with van der Waals surface area (Å²) in [5, 5.41) is 3.90. The number of amides is 1. The van der Waals surface area contributed by atoms with Crippen molar-refractivity contribution >= 4 is 27.8 Å². The molecule has 29 heavy (non-hydrogen) atoms. The van der Waals surface area contributed by atoms with Gasteiger partial charge in [0.1, 0.15) is 5.75 Å². The molecule has 0 bridgehead atoms. The van der Waals surface area contributed by atoms with E-state index < -0.39 is 15.9 Å². The standard InChI is InChI=1S/C20H20N4O4S/c1-24-12-4-6-17(24)14-21-22-20(25)15-5-3-7-19(13-15)29(26,27)23-16-8-10-18(28-2)11-9-16/h3-14,23H,1-2H3,(H,22,25)/b21-14+. The van der Waals surface area contributed by atoms with E-state index in [0.717, 1.165) is 5.69 Å². The second kappa shape index (κ2) is 8.61. The van der Waals surface area contributed by atoms with Crippen molar-refractivity contribution in [3.05, 3.63) is 78.1 Å². The molecule has 0 fully saturated rings. The fourth-order valence-electron chi connectivity index (χ4n) is 2.51. The Morgan fingerprint density at radius 3 is 2.52 bits per heavy atom. The molecule has 8 nitrogen and oxygen atoms in total. The molecule has 0 aliphatic heterocycles. The van der Waals surface area contributed by atoms with Crippen LogP contribution in [-0.4, -0.2) is 32.2 Å². The van der Waals surface area contributed by atoms with Crippen LogP contribution < -0.4 is 14.9 Å². The summed E-state index contributed by atoms with van der Waals surface area (Å²) in [5.41, 5.74) is 3.76. The average Bonchev–Trinajstić information content (AvgIpc) is 3.13. The first-order valence-electron chi connectivity index (χ1n) is 8.61. The number of sulfonamides is 1. The third kappa shape index (κ3) is 5.02. The summed E-state index contributed by atoms with van der Waals surface area (Å²) in [7, 11) is -0.481. The van der Waals surface area contributed by atoms with Gasteiger partial charge in [-0.2, -0.15) is 5.10 Å². The van der Waals surface area contributed by atoms with Crippen LogP contribution in [0.1, 0.15) is 16.1 Å². The van der Waals surface area contributed by atoms with Gasteiger partial charge in [0.05, 0.1) is 23.9 Å². The van der Waals surface area contributed by atoms with Crippen LogP contribution in [0.2, 0.25) is 0 Å². The first kappa shape index (κ1) is 20.2. The number of methoxy groups -OCH3 is 1. The van der Waals surface area contributed by atoms with Crippen LogP contribution in [0.15, 0.2) is 76.9 Å². The third-order valence-corrected chi connectivity index (χ3v) is 5.47. The zero-order valence-corrected chi connectivity index (χ0v) is 16.7. The highest BCUT2D eigenvalue weighted by Gasteiger charge is 2.16. The number of hydrogen-bond acceptors (Lipinski definition) is 5. The molecular formula is C20H20N4O4S. The zero-order chi connectivity index (χ0) is 20.9. The fraction of sp³-hybridized carbons (Fsp3) is 0.100. The van der Waals surface area contributed by atoms with Crippen molar-refractivity contribution in [2.45, 2.75) is 4.90 Å². The lowest BCUT2D eigenvalue weighted by Crippen LogP contribution is -2.19. The molecule has 0 unspecified atom stereocenters. The van der Waals surface area contributed by atoms with Crippen molar-refractivity contribution in [2.24, 2.45) is 12.1 Å². The lowest BCUT2D eigenvalue weighted by atomic mass is 10.2. The van der Waals surface area contributed by atoms with Gasteiger partial charge in [-0.3, -0.25) is 9.52 Å². The SMILES string of the molecule is COc1ccc(NS(=O)(=O)c2cccc(C(=O)N/N=C/c3cccn3C)c2)cc1. The maximum atomic E-state index is 12.6. The first-order valence-corrected chi connectivity index (χ1v) is 10.1. The van der Waals surface area contributed by atoms with E-state index in [1.54, 1.807) is 24.3 Å². The number of nitrogens with one attached hydrogen (secondary N) is 2. The second-order valence-electron chi connectivity index (χ2n) is 6.10. The van der Waals surface area contributed by atoms with Gasteiger partial charge in [0.25, 0.3) is 15.9 Å². The Bertz CT molecular complexity index is 1140. The van der Waals surface area contributed by atoms with Crippen LogP contribution in [0, 0.1) is 0 Å². The molecule has 0 saturated carbocycles. The molecule has 1 amide bonds. The van der Waals surface area contributed by atoms with Crippen LogP contribution in [0.25, 0.3) is 0 Å². The van der Waals surface area contributed by atoms with Crippen molar-refractivity contribution in [2.75, 3.05) is 11.8 Å². The quantitative estimate of drug-likeness (QED) is 0.460. The topological polar surface area (TPSA) is 102 Å². The van der Waals surface area contributed by atoms with E-state index in [0.29, 0.717) is 11.4 Å². The number of hydrogen-bond donors (Lipinski definition) is 2. The summed E-state index contributed by atoms with van der Waals surface area (Å²) in [6, 6.07) is 15.9. The Morgan fingerprint density at radius 2 is 1.86 bits per heavy atom. The van der Waals surface area contributed by atoms with Gasteiger partial charge < -0.3 is 9.30 Å². The number of aromatic nitrogens is 1. The zero-order valence-electron chi connectivity index (χ0n) is 15.9. The second-order valence-corrected chi connectivity index (χ2v) is 7.79. The summed E-state index contributed by atoms with van der Waals surface area (Å²) < 4.78 is 34.6. The van der Waals surface area contributed by atoms with E-state index in [2.05, 4.69) is 15.2 Å². The highest BCUT2D eigenvalue weighted by atomic mass is 32.2. The van der Waals surface area contributed by atoms with Gasteiger partial charge in [0, 0.05) is 24.5 Å². The summed E-state index contributed by atoms with van der Waals surface area (Å²) >= 11 is 0. The molecular weight excluding hydrogens is 392 g/mol. The minimum Gasteiger partial charge on any atom is -0.497 e. The summed E-state index contributed by atoms with van der Waals surface area (Å²) in [6.07, 6.45) is 3.36. The number of carbonyl (C=O) groups is 1. The van der Waals surface area contributed by atoms with E-state index in [1.807, 2.05) is 29.9 Å². The molecule has 9 heteroatoms. The Morgan fingerprint density at radius 1 is 1.10 bits per heavy atom. The Labute approximate surface area is 168 Å². The van der Waals surface area contributed by atoms with Crippen LogP contribution in [-0.2, 0) is 17.1 Å². The number of benzene rings is 2. The maximum absolute atomic E-state index is 12.6. The Kier molecular flexibility index (Phi) is 5.99. The lowest BCUT2D eigenvalue weighted by molar-refractivity contribution is 0.0955. The number of aryl methyl sites for hydroxylation is 1. The third-order valence-electron chi connectivity index (χ3n) is 4.10. The van der Waals surface area contributed by atoms with Crippen LogP contribution >= 0.6 is 0 Å². The molecule has 0 aliphatic rings. The number of nitrogens with zero attached hydrogens (tertiary/aromatic N) is 2. The fourth-order valence-corrected chi connectivity index (χ4v) is 3.61. The Hall–Kier alpha value is -3.59. The lowest BCUT2D eigenvalue weighted by Gasteiger charge is -2.09. The van der Waals surface area contributed by atoms with E-state index in [-0.39, 0.29) is 10.5 Å². The summed E-state index contributed by atoms with van der Waals surface area (Å²) in [5.74, 6) is 0.0967. The summed E-state index contributed by atoms with van der Waals surface area (Å²) in [4.78, 5) is 12.3. The van der Waals surface area contributed by atoms with Crippen LogP contribution in [0.4, 0.5) is 5.69 Å². The van der Waals surface area contributed by atoms with E-state index in [4.69, 9.17) is 4.74 Å². The molecule has 0 atom stereocenters. The van der Waals surface area contributed by atoms with E-state index in [9.17, 15) is 13.2 Å².